The normalized spacial score (nSPS) is 10.5. The molecule has 1 aromatic carbocycles. The van der Waals surface area contributed by atoms with Crippen molar-refractivity contribution < 1.29 is 9.59 Å². The summed E-state index contributed by atoms with van der Waals surface area (Å²) in [7, 11) is 1.58. The van der Waals surface area contributed by atoms with Gasteiger partial charge in [0, 0.05) is 18.4 Å². The Hall–Kier alpha value is -2.08. The van der Waals surface area contributed by atoms with Crippen molar-refractivity contribution in [3.05, 3.63) is 23.8 Å². The van der Waals surface area contributed by atoms with Gasteiger partial charge in [0.2, 0.25) is 11.8 Å². The number of nitrogens with zero attached hydrogens (tertiary/aromatic N) is 1. The van der Waals surface area contributed by atoms with Gasteiger partial charge in [-0.15, -0.1) is 0 Å². The van der Waals surface area contributed by atoms with E-state index in [4.69, 9.17) is 5.73 Å². The van der Waals surface area contributed by atoms with E-state index >= 15 is 0 Å². The Bertz CT molecular complexity index is 502. The van der Waals surface area contributed by atoms with Crippen molar-refractivity contribution in [1.82, 2.24) is 10.2 Å². The van der Waals surface area contributed by atoms with Gasteiger partial charge in [-0.2, -0.15) is 0 Å². The van der Waals surface area contributed by atoms with Crippen molar-refractivity contribution in [3.63, 3.8) is 0 Å². The van der Waals surface area contributed by atoms with E-state index < -0.39 is 0 Å². The number of carbonyl (C=O) groups is 2. The van der Waals surface area contributed by atoms with Crippen LogP contribution in [0.15, 0.2) is 18.2 Å². The molecule has 0 heterocycles. The third-order valence-corrected chi connectivity index (χ3v) is 3.12. The van der Waals surface area contributed by atoms with Crippen LogP contribution in [0.2, 0.25) is 0 Å². The fourth-order valence-corrected chi connectivity index (χ4v) is 1.93. The molecule has 21 heavy (non-hydrogen) atoms. The highest BCUT2D eigenvalue weighted by Crippen LogP contribution is 2.16. The van der Waals surface area contributed by atoms with Crippen LogP contribution in [-0.2, 0) is 9.59 Å². The fourth-order valence-electron chi connectivity index (χ4n) is 1.93. The Morgan fingerprint density at radius 2 is 1.90 bits per heavy atom. The van der Waals surface area contributed by atoms with Crippen molar-refractivity contribution in [1.29, 1.82) is 0 Å². The quantitative estimate of drug-likeness (QED) is 0.654. The molecule has 2 amide bonds. The summed E-state index contributed by atoms with van der Waals surface area (Å²) in [6.07, 6.45) is 0.877. The van der Waals surface area contributed by atoms with Crippen molar-refractivity contribution in [2.45, 2.75) is 20.3 Å². The third-order valence-electron chi connectivity index (χ3n) is 3.12. The smallest absolute Gasteiger partial charge is 0.238 e. The van der Waals surface area contributed by atoms with Crippen LogP contribution in [0.4, 0.5) is 11.4 Å². The Kier molecular flexibility index (Phi) is 6.68. The van der Waals surface area contributed by atoms with Gasteiger partial charge in [0.05, 0.1) is 13.1 Å². The van der Waals surface area contributed by atoms with Gasteiger partial charge in [-0.05, 0) is 37.6 Å². The first-order valence-electron chi connectivity index (χ1n) is 7.05. The van der Waals surface area contributed by atoms with Gasteiger partial charge < -0.3 is 16.4 Å². The van der Waals surface area contributed by atoms with Crippen LogP contribution in [0.1, 0.15) is 18.9 Å². The highest BCUT2D eigenvalue weighted by atomic mass is 16.2. The summed E-state index contributed by atoms with van der Waals surface area (Å²) in [5.74, 6) is -0.258. The highest BCUT2D eigenvalue weighted by Gasteiger charge is 2.13. The van der Waals surface area contributed by atoms with Gasteiger partial charge in [-0.1, -0.05) is 13.0 Å². The number of nitrogens with two attached hydrogens (primary N) is 1. The first-order valence-corrected chi connectivity index (χ1v) is 7.05. The summed E-state index contributed by atoms with van der Waals surface area (Å²) in [6.45, 7) is 5.00. The number of amides is 2. The van der Waals surface area contributed by atoms with Crippen LogP contribution < -0.4 is 16.4 Å². The van der Waals surface area contributed by atoms with Gasteiger partial charge in [-0.3, -0.25) is 14.5 Å². The van der Waals surface area contributed by atoms with Crippen molar-refractivity contribution >= 4 is 23.2 Å². The molecule has 4 N–H and O–H groups in total. The number of aryl methyl sites for hydroxylation is 1. The average molecular weight is 292 g/mol. The van der Waals surface area contributed by atoms with E-state index in [0.29, 0.717) is 17.9 Å². The molecule has 0 spiro atoms. The molecule has 116 valence electrons. The minimum absolute atomic E-state index is 0.101. The maximum absolute atomic E-state index is 12.0. The second-order valence-corrected chi connectivity index (χ2v) is 5.00. The van der Waals surface area contributed by atoms with Gasteiger partial charge in [0.25, 0.3) is 0 Å². The minimum Gasteiger partial charge on any atom is -0.398 e. The lowest BCUT2D eigenvalue weighted by atomic mass is 10.2. The zero-order valence-corrected chi connectivity index (χ0v) is 12.9. The van der Waals surface area contributed by atoms with E-state index in [-0.39, 0.29) is 24.9 Å². The predicted octanol–water partition coefficient (Wildman–Crippen LogP) is 0.974. The number of hydrogen-bond donors (Lipinski definition) is 3. The number of benzene rings is 1. The second kappa shape index (κ2) is 8.26. The number of carbonyl (C=O) groups excluding carboxylic acids is 2. The van der Waals surface area contributed by atoms with Gasteiger partial charge >= 0.3 is 0 Å². The summed E-state index contributed by atoms with van der Waals surface area (Å²) in [5.41, 5.74) is 8.10. The number of hydrogen-bond acceptors (Lipinski definition) is 4. The number of nitrogen functional groups attached to an aromatic ring is 1. The summed E-state index contributed by atoms with van der Waals surface area (Å²) in [5, 5.41) is 5.36. The standard InChI is InChI=1S/C15H24N4O2/c1-4-7-19(9-14(20)17-3)10-15(21)18-12-6-5-11(2)13(16)8-12/h5-6,8H,4,7,9-10,16H2,1-3H3,(H,17,20)(H,18,21). The van der Waals surface area contributed by atoms with Crippen LogP contribution in [0, 0.1) is 6.92 Å². The molecular weight excluding hydrogens is 268 g/mol. The Morgan fingerprint density at radius 3 is 2.48 bits per heavy atom. The zero-order chi connectivity index (χ0) is 15.8. The van der Waals surface area contributed by atoms with Crippen LogP contribution in [-0.4, -0.2) is 43.4 Å². The number of rotatable bonds is 7. The lowest BCUT2D eigenvalue weighted by molar-refractivity contribution is -0.123. The van der Waals surface area contributed by atoms with E-state index in [2.05, 4.69) is 10.6 Å². The van der Waals surface area contributed by atoms with Gasteiger partial charge in [-0.25, -0.2) is 0 Å². The topological polar surface area (TPSA) is 87.5 Å². The molecule has 6 heteroatoms. The van der Waals surface area contributed by atoms with Crippen molar-refractivity contribution in [2.24, 2.45) is 0 Å². The van der Waals surface area contributed by atoms with Gasteiger partial charge in [0.1, 0.15) is 0 Å². The predicted molar refractivity (Wildman–Crippen MR) is 85.0 cm³/mol. The van der Waals surface area contributed by atoms with Crippen LogP contribution >= 0.6 is 0 Å². The Balaban J connectivity index is 2.60. The number of nitrogens with one attached hydrogen (secondary N) is 2. The largest absolute Gasteiger partial charge is 0.398 e. The van der Waals surface area contributed by atoms with Crippen LogP contribution in [0.3, 0.4) is 0 Å². The SMILES string of the molecule is CCCN(CC(=O)NC)CC(=O)Nc1ccc(C)c(N)c1. The monoisotopic (exact) mass is 292 g/mol. The maximum Gasteiger partial charge on any atom is 0.238 e. The molecule has 0 bridgehead atoms. The average Bonchev–Trinajstić information content (AvgIpc) is 2.43. The second-order valence-electron chi connectivity index (χ2n) is 5.00. The molecule has 0 unspecified atom stereocenters. The molecule has 0 saturated carbocycles. The fraction of sp³-hybridized carbons (Fsp3) is 0.467. The van der Waals surface area contributed by atoms with E-state index in [1.54, 1.807) is 13.1 Å². The first kappa shape index (κ1) is 17.0. The van der Waals surface area contributed by atoms with Crippen LogP contribution in [0.25, 0.3) is 0 Å². The molecule has 0 radical (unpaired) electrons. The van der Waals surface area contributed by atoms with Crippen molar-refractivity contribution in [3.8, 4) is 0 Å². The first-order chi connectivity index (χ1) is 9.96. The lowest BCUT2D eigenvalue weighted by Crippen LogP contribution is -2.40. The van der Waals surface area contributed by atoms with E-state index in [9.17, 15) is 9.59 Å². The molecule has 0 atom stereocenters. The third kappa shape index (κ3) is 5.83. The lowest BCUT2D eigenvalue weighted by Gasteiger charge is -2.20. The summed E-state index contributed by atoms with van der Waals surface area (Å²) >= 11 is 0. The zero-order valence-electron chi connectivity index (χ0n) is 12.9. The van der Waals surface area contributed by atoms with Crippen LogP contribution in [0.5, 0.6) is 0 Å². The van der Waals surface area contributed by atoms with Crippen molar-refractivity contribution in [2.75, 3.05) is 37.7 Å². The summed E-state index contributed by atoms with van der Waals surface area (Å²) < 4.78 is 0. The molecule has 0 aliphatic rings. The highest BCUT2D eigenvalue weighted by molar-refractivity contribution is 5.93. The Morgan fingerprint density at radius 1 is 1.24 bits per heavy atom. The molecule has 0 saturated heterocycles. The molecular formula is C15H24N4O2. The van der Waals surface area contributed by atoms with E-state index in [1.165, 1.54) is 0 Å². The molecule has 0 fully saturated rings. The molecule has 0 aliphatic heterocycles. The van der Waals surface area contributed by atoms with E-state index in [0.717, 1.165) is 12.0 Å². The summed E-state index contributed by atoms with van der Waals surface area (Å²) in [4.78, 5) is 25.3. The molecule has 0 aromatic heterocycles. The Labute approximate surface area is 125 Å². The number of anilines is 2. The summed E-state index contributed by atoms with van der Waals surface area (Å²) in [6, 6.07) is 5.40. The molecule has 0 aliphatic carbocycles. The molecule has 6 nitrogen and oxygen atoms in total. The number of likely N-dealkylation sites (N-methyl/N-ethyl adjacent to an activating group) is 1. The van der Waals surface area contributed by atoms with Gasteiger partial charge in [0.15, 0.2) is 0 Å². The minimum atomic E-state index is -0.157. The molecule has 1 rings (SSSR count). The maximum atomic E-state index is 12.0. The molecule has 1 aromatic rings. The van der Waals surface area contributed by atoms with E-state index in [1.807, 2.05) is 30.9 Å².